The van der Waals surface area contributed by atoms with E-state index in [1.807, 2.05) is 24.3 Å². The van der Waals surface area contributed by atoms with E-state index in [0.29, 0.717) is 0 Å². The highest BCUT2D eigenvalue weighted by Crippen LogP contribution is 2.31. The highest BCUT2D eigenvalue weighted by atomic mass is 35.5. The fourth-order valence-corrected chi connectivity index (χ4v) is 3.45. The molecule has 0 spiro atoms. The third-order valence-corrected chi connectivity index (χ3v) is 4.76. The number of furan rings is 1. The summed E-state index contributed by atoms with van der Waals surface area (Å²) in [5, 5.41) is 3.57. The van der Waals surface area contributed by atoms with Crippen LogP contribution in [0.1, 0.15) is 27.8 Å². The average molecular weight is 318 g/mol. The van der Waals surface area contributed by atoms with Crippen LogP contribution in [-0.2, 0) is 6.54 Å². The van der Waals surface area contributed by atoms with Gasteiger partial charge in [-0.25, -0.2) is 0 Å². The second kappa shape index (κ2) is 6.48. The smallest absolute Gasteiger partial charge is 0.126 e. The Morgan fingerprint density at radius 1 is 1.14 bits per heavy atom. The molecule has 0 radical (unpaired) electrons. The molecule has 3 rings (SSSR count). The maximum Gasteiger partial charge on any atom is 0.126 e. The summed E-state index contributed by atoms with van der Waals surface area (Å²) < 4.78 is 6.37. The lowest BCUT2D eigenvalue weighted by molar-refractivity contribution is 0.449. The molecule has 2 heterocycles. The summed E-state index contributed by atoms with van der Waals surface area (Å²) in [6.07, 6.45) is 1.70. The molecule has 0 fully saturated rings. The Bertz CT molecular complexity index is 705. The molecular weight excluding hydrogens is 302 g/mol. The Morgan fingerprint density at radius 3 is 2.67 bits per heavy atom. The van der Waals surface area contributed by atoms with Crippen molar-refractivity contribution < 1.29 is 4.42 Å². The summed E-state index contributed by atoms with van der Waals surface area (Å²) in [7, 11) is 0. The lowest BCUT2D eigenvalue weighted by Gasteiger charge is -2.16. The highest BCUT2D eigenvalue weighted by molar-refractivity contribution is 7.16. The van der Waals surface area contributed by atoms with Crippen molar-refractivity contribution in [1.29, 1.82) is 0 Å². The van der Waals surface area contributed by atoms with E-state index in [1.54, 1.807) is 17.6 Å². The monoisotopic (exact) mass is 317 g/mol. The van der Waals surface area contributed by atoms with E-state index in [2.05, 4.69) is 36.5 Å². The van der Waals surface area contributed by atoms with E-state index in [1.165, 1.54) is 11.1 Å². The molecule has 0 aliphatic heterocycles. The third-order valence-electron chi connectivity index (χ3n) is 3.46. The van der Waals surface area contributed by atoms with Gasteiger partial charge in [-0.05, 0) is 42.3 Å². The van der Waals surface area contributed by atoms with E-state index in [0.717, 1.165) is 21.5 Å². The fraction of sp³-hybridized carbons (Fsp3) is 0.176. The first-order valence-corrected chi connectivity index (χ1v) is 8.00. The summed E-state index contributed by atoms with van der Waals surface area (Å²) in [5.41, 5.74) is 2.57. The molecule has 1 N–H and O–H groups in total. The predicted octanol–water partition coefficient (Wildman–Crippen LogP) is 5.18. The van der Waals surface area contributed by atoms with Crippen LogP contribution < -0.4 is 5.32 Å². The molecule has 0 saturated carbocycles. The van der Waals surface area contributed by atoms with Crippen LogP contribution in [0.3, 0.4) is 0 Å². The first-order valence-electron chi connectivity index (χ1n) is 6.80. The Hall–Kier alpha value is -1.55. The minimum absolute atomic E-state index is 0.0251. The van der Waals surface area contributed by atoms with Gasteiger partial charge in [-0.1, -0.05) is 35.9 Å². The normalized spacial score (nSPS) is 12.5. The molecular formula is C17H16ClNOS. The molecule has 3 aromatic rings. The van der Waals surface area contributed by atoms with Crippen molar-refractivity contribution in [3.8, 4) is 0 Å². The topological polar surface area (TPSA) is 25.2 Å². The maximum atomic E-state index is 6.07. The zero-order valence-corrected chi connectivity index (χ0v) is 13.2. The molecule has 0 aliphatic rings. The lowest BCUT2D eigenvalue weighted by atomic mass is 10.1. The van der Waals surface area contributed by atoms with Gasteiger partial charge in [0.1, 0.15) is 11.8 Å². The number of hydrogen-bond acceptors (Lipinski definition) is 3. The lowest BCUT2D eigenvalue weighted by Crippen LogP contribution is -2.21. The van der Waals surface area contributed by atoms with Crippen molar-refractivity contribution in [2.45, 2.75) is 19.5 Å². The molecule has 1 aromatic carbocycles. The number of aryl methyl sites for hydroxylation is 1. The van der Waals surface area contributed by atoms with E-state index in [4.69, 9.17) is 16.0 Å². The number of benzene rings is 1. The van der Waals surface area contributed by atoms with Gasteiger partial charge in [0, 0.05) is 11.4 Å². The van der Waals surface area contributed by atoms with E-state index in [-0.39, 0.29) is 6.04 Å². The summed E-state index contributed by atoms with van der Waals surface area (Å²) in [6, 6.07) is 16.3. The summed E-state index contributed by atoms with van der Waals surface area (Å²) >= 11 is 7.64. The van der Waals surface area contributed by atoms with Gasteiger partial charge in [0.05, 0.1) is 10.6 Å². The molecule has 21 heavy (non-hydrogen) atoms. The standard InChI is InChI=1S/C17H16ClNOS/c1-12-5-2-3-6-13(12)11-19-17(14-7-4-10-20-14)15-8-9-16(18)21-15/h2-10,17,19H,11H2,1H3. The Morgan fingerprint density at radius 2 is 2.00 bits per heavy atom. The van der Waals surface area contributed by atoms with Crippen molar-refractivity contribution in [3.63, 3.8) is 0 Å². The van der Waals surface area contributed by atoms with Crippen LogP contribution in [0.2, 0.25) is 4.34 Å². The zero-order chi connectivity index (χ0) is 14.7. The summed E-state index contributed by atoms with van der Waals surface area (Å²) in [5.74, 6) is 0.905. The SMILES string of the molecule is Cc1ccccc1CNC(c1ccco1)c1ccc(Cl)s1. The van der Waals surface area contributed by atoms with Crippen molar-refractivity contribution in [3.05, 3.63) is 80.9 Å². The zero-order valence-electron chi connectivity index (χ0n) is 11.7. The Kier molecular flexibility index (Phi) is 4.44. The molecule has 2 nitrogen and oxygen atoms in total. The second-order valence-corrected chi connectivity index (χ2v) is 6.64. The molecule has 0 bridgehead atoms. The number of rotatable bonds is 5. The van der Waals surface area contributed by atoms with Crippen LogP contribution in [0, 0.1) is 6.92 Å². The number of thiophene rings is 1. The average Bonchev–Trinajstić information content (AvgIpc) is 3.13. The van der Waals surface area contributed by atoms with Crippen molar-refractivity contribution >= 4 is 22.9 Å². The van der Waals surface area contributed by atoms with Crippen LogP contribution in [0.25, 0.3) is 0 Å². The fourth-order valence-electron chi connectivity index (χ4n) is 2.30. The molecule has 0 aliphatic carbocycles. The second-order valence-electron chi connectivity index (χ2n) is 4.90. The highest BCUT2D eigenvalue weighted by Gasteiger charge is 2.18. The molecule has 4 heteroatoms. The largest absolute Gasteiger partial charge is 0.467 e. The van der Waals surface area contributed by atoms with E-state index >= 15 is 0 Å². The van der Waals surface area contributed by atoms with Gasteiger partial charge in [-0.15, -0.1) is 11.3 Å². The van der Waals surface area contributed by atoms with Gasteiger partial charge >= 0.3 is 0 Å². The van der Waals surface area contributed by atoms with Gasteiger partial charge in [0.2, 0.25) is 0 Å². The van der Waals surface area contributed by atoms with Gasteiger partial charge in [-0.2, -0.15) is 0 Å². The molecule has 2 aromatic heterocycles. The van der Waals surface area contributed by atoms with Crippen LogP contribution in [-0.4, -0.2) is 0 Å². The molecule has 108 valence electrons. The Balaban J connectivity index is 1.82. The minimum Gasteiger partial charge on any atom is -0.467 e. The summed E-state index contributed by atoms with van der Waals surface area (Å²) in [4.78, 5) is 1.16. The number of hydrogen-bond donors (Lipinski definition) is 1. The molecule has 1 unspecified atom stereocenters. The van der Waals surface area contributed by atoms with Crippen LogP contribution in [0.15, 0.2) is 59.2 Å². The van der Waals surface area contributed by atoms with Gasteiger partial charge in [0.15, 0.2) is 0 Å². The van der Waals surface area contributed by atoms with Crippen molar-refractivity contribution in [2.75, 3.05) is 0 Å². The summed E-state index contributed by atoms with van der Waals surface area (Å²) in [6.45, 7) is 2.91. The Labute approximate surface area is 133 Å². The molecule has 0 amide bonds. The van der Waals surface area contributed by atoms with E-state index < -0.39 is 0 Å². The predicted molar refractivity (Wildman–Crippen MR) is 87.9 cm³/mol. The first kappa shape index (κ1) is 14.4. The molecule has 0 saturated heterocycles. The maximum absolute atomic E-state index is 6.07. The van der Waals surface area contributed by atoms with Crippen molar-refractivity contribution in [2.24, 2.45) is 0 Å². The van der Waals surface area contributed by atoms with Gasteiger partial charge in [0.25, 0.3) is 0 Å². The van der Waals surface area contributed by atoms with Gasteiger partial charge in [-0.3, -0.25) is 5.32 Å². The molecule has 1 atom stereocenters. The quantitative estimate of drug-likeness (QED) is 0.701. The first-order chi connectivity index (χ1) is 10.2. The van der Waals surface area contributed by atoms with Crippen LogP contribution in [0.5, 0.6) is 0 Å². The van der Waals surface area contributed by atoms with E-state index in [9.17, 15) is 0 Å². The van der Waals surface area contributed by atoms with Gasteiger partial charge < -0.3 is 4.42 Å². The number of halogens is 1. The van der Waals surface area contributed by atoms with Crippen LogP contribution >= 0.6 is 22.9 Å². The third kappa shape index (κ3) is 3.38. The number of nitrogens with one attached hydrogen (secondary N) is 1. The van der Waals surface area contributed by atoms with Crippen LogP contribution in [0.4, 0.5) is 0 Å². The minimum atomic E-state index is 0.0251. The van der Waals surface area contributed by atoms with Crippen molar-refractivity contribution in [1.82, 2.24) is 5.32 Å².